The summed E-state index contributed by atoms with van der Waals surface area (Å²) in [7, 11) is 3.97. The van der Waals surface area contributed by atoms with Crippen LogP contribution in [-0.2, 0) is 0 Å². The standard InChI is InChI=1S/C11H16NSi2/c1-6-7(2)9(4)11(14-12-13)10(5)8(6)3/h12H,1-5H3. The average Bonchev–Trinajstić information content (AvgIpc) is 2.19. The Morgan fingerprint density at radius 3 is 1.50 bits per heavy atom. The van der Waals surface area contributed by atoms with E-state index in [4.69, 9.17) is 0 Å². The molecule has 1 aromatic rings. The van der Waals surface area contributed by atoms with Crippen LogP contribution in [-0.4, -0.2) is 20.1 Å². The van der Waals surface area contributed by atoms with Crippen molar-refractivity contribution in [2.75, 3.05) is 0 Å². The van der Waals surface area contributed by atoms with Gasteiger partial charge in [-0.3, -0.25) is 0 Å². The van der Waals surface area contributed by atoms with Crippen LogP contribution in [0.2, 0.25) is 0 Å². The SMILES string of the molecule is Cc1c(C)c(C)c([Si]N[Si])c(C)c1C. The predicted octanol–water partition coefficient (Wildman–Crippen LogP) is 1.15. The van der Waals surface area contributed by atoms with Crippen molar-refractivity contribution in [3.63, 3.8) is 0 Å². The van der Waals surface area contributed by atoms with Gasteiger partial charge in [0.2, 0.25) is 0 Å². The van der Waals surface area contributed by atoms with Crippen LogP contribution in [0.1, 0.15) is 27.8 Å². The molecule has 0 aromatic heterocycles. The molecule has 14 heavy (non-hydrogen) atoms. The second-order valence-corrected chi connectivity index (χ2v) is 5.50. The number of nitrogens with one attached hydrogen (secondary N) is 1. The number of hydrogen-bond donors (Lipinski definition) is 1. The molecule has 0 saturated carbocycles. The van der Waals surface area contributed by atoms with E-state index in [1.165, 1.54) is 33.0 Å². The zero-order valence-corrected chi connectivity index (χ0v) is 11.5. The second kappa shape index (κ2) is 4.42. The Labute approximate surface area is 92.7 Å². The first-order valence-corrected chi connectivity index (χ1v) is 6.25. The quantitative estimate of drug-likeness (QED) is 0.734. The summed E-state index contributed by atoms with van der Waals surface area (Å²) in [5.41, 5.74) is 7.14. The van der Waals surface area contributed by atoms with E-state index >= 15 is 0 Å². The van der Waals surface area contributed by atoms with Crippen LogP contribution in [0, 0.1) is 34.6 Å². The lowest BCUT2D eigenvalue weighted by Crippen LogP contribution is -2.33. The summed E-state index contributed by atoms with van der Waals surface area (Å²) in [5, 5.41) is 1.45. The lowest BCUT2D eigenvalue weighted by molar-refractivity contribution is 1.19. The minimum Gasteiger partial charge on any atom is -0.361 e. The summed E-state index contributed by atoms with van der Waals surface area (Å²) < 4.78 is 3.07. The molecule has 0 amide bonds. The van der Waals surface area contributed by atoms with Crippen LogP contribution >= 0.6 is 0 Å². The van der Waals surface area contributed by atoms with Crippen LogP contribution in [0.25, 0.3) is 0 Å². The third-order valence-corrected chi connectivity index (χ3v) is 4.69. The maximum atomic E-state index is 3.33. The van der Waals surface area contributed by atoms with Crippen molar-refractivity contribution in [1.29, 1.82) is 0 Å². The van der Waals surface area contributed by atoms with Crippen molar-refractivity contribution in [3.05, 3.63) is 27.8 Å². The van der Waals surface area contributed by atoms with Gasteiger partial charge in [0.15, 0.2) is 9.68 Å². The van der Waals surface area contributed by atoms with Crippen LogP contribution in [0.5, 0.6) is 0 Å². The zero-order chi connectivity index (χ0) is 10.9. The molecule has 1 aromatic carbocycles. The molecule has 0 heterocycles. The van der Waals surface area contributed by atoms with Crippen molar-refractivity contribution < 1.29 is 0 Å². The lowest BCUT2D eigenvalue weighted by atomic mass is 9.95. The van der Waals surface area contributed by atoms with Gasteiger partial charge in [-0.15, -0.1) is 0 Å². The molecular weight excluding hydrogens is 202 g/mol. The third kappa shape index (κ3) is 1.85. The van der Waals surface area contributed by atoms with Gasteiger partial charge in [0.1, 0.15) is 10.4 Å². The second-order valence-electron chi connectivity index (χ2n) is 3.75. The molecule has 0 bridgehead atoms. The molecule has 73 valence electrons. The molecule has 0 aliphatic rings. The monoisotopic (exact) mass is 218 g/mol. The van der Waals surface area contributed by atoms with E-state index in [2.05, 4.69) is 49.7 Å². The highest BCUT2D eigenvalue weighted by Gasteiger charge is 2.11. The van der Waals surface area contributed by atoms with Gasteiger partial charge in [-0.05, 0) is 67.6 Å². The van der Waals surface area contributed by atoms with Crippen LogP contribution < -0.4 is 9.83 Å². The van der Waals surface area contributed by atoms with Crippen LogP contribution in [0.15, 0.2) is 0 Å². The first kappa shape index (κ1) is 11.7. The van der Waals surface area contributed by atoms with E-state index in [1.54, 1.807) is 0 Å². The van der Waals surface area contributed by atoms with E-state index in [1.807, 2.05) is 0 Å². The highest BCUT2D eigenvalue weighted by Crippen LogP contribution is 2.18. The van der Waals surface area contributed by atoms with Gasteiger partial charge in [-0.1, -0.05) is 0 Å². The van der Waals surface area contributed by atoms with Crippen molar-refractivity contribution in [1.82, 2.24) is 4.65 Å². The molecule has 0 aliphatic carbocycles. The fourth-order valence-electron chi connectivity index (χ4n) is 1.75. The van der Waals surface area contributed by atoms with Crippen LogP contribution in [0.4, 0.5) is 0 Å². The van der Waals surface area contributed by atoms with Crippen molar-refractivity contribution >= 4 is 25.3 Å². The van der Waals surface area contributed by atoms with Crippen LogP contribution in [0.3, 0.4) is 0 Å². The number of hydrogen-bond acceptors (Lipinski definition) is 1. The number of benzene rings is 1. The lowest BCUT2D eigenvalue weighted by Gasteiger charge is -2.17. The Morgan fingerprint density at radius 2 is 1.14 bits per heavy atom. The van der Waals surface area contributed by atoms with Crippen molar-refractivity contribution in [2.24, 2.45) is 0 Å². The van der Waals surface area contributed by atoms with Gasteiger partial charge in [0.05, 0.1) is 0 Å². The van der Waals surface area contributed by atoms with Gasteiger partial charge in [-0.2, -0.15) is 0 Å². The molecule has 5 radical (unpaired) electrons. The highest BCUT2D eigenvalue weighted by atomic mass is 28.3. The Hall–Kier alpha value is -0.386. The smallest absolute Gasteiger partial charge is 0.172 e. The van der Waals surface area contributed by atoms with E-state index in [0.717, 1.165) is 0 Å². The van der Waals surface area contributed by atoms with Gasteiger partial charge >= 0.3 is 0 Å². The Kier molecular flexibility index (Phi) is 3.69. The normalized spacial score (nSPS) is 10.7. The molecule has 1 rings (SSSR count). The zero-order valence-electron chi connectivity index (χ0n) is 9.50. The number of rotatable bonds is 2. The molecule has 0 unspecified atom stereocenters. The van der Waals surface area contributed by atoms with E-state index < -0.39 is 0 Å². The molecule has 3 heteroatoms. The Morgan fingerprint density at radius 1 is 0.786 bits per heavy atom. The maximum Gasteiger partial charge on any atom is 0.172 e. The van der Waals surface area contributed by atoms with Gasteiger partial charge < -0.3 is 4.65 Å². The summed E-state index contributed by atoms with van der Waals surface area (Å²) >= 11 is 0. The van der Waals surface area contributed by atoms with E-state index in [0.29, 0.717) is 9.68 Å². The van der Waals surface area contributed by atoms with E-state index in [9.17, 15) is 0 Å². The molecule has 0 saturated heterocycles. The maximum absolute atomic E-state index is 3.33. The largest absolute Gasteiger partial charge is 0.361 e. The Bertz CT molecular complexity index is 330. The van der Waals surface area contributed by atoms with Gasteiger partial charge in [-0.25, -0.2) is 0 Å². The van der Waals surface area contributed by atoms with Crippen molar-refractivity contribution in [2.45, 2.75) is 34.6 Å². The minimum absolute atomic E-state index is 0.638. The fraction of sp³-hybridized carbons (Fsp3) is 0.455. The summed E-state index contributed by atoms with van der Waals surface area (Å²) in [6.07, 6.45) is 0. The summed E-state index contributed by atoms with van der Waals surface area (Å²) in [6.45, 7) is 11.0. The molecule has 1 nitrogen and oxygen atoms in total. The highest BCUT2D eigenvalue weighted by molar-refractivity contribution is 6.57. The molecular formula is C11H16NSi2. The fourth-order valence-corrected chi connectivity index (χ4v) is 3.00. The first-order valence-electron chi connectivity index (χ1n) is 4.75. The van der Waals surface area contributed by atoms with E-state index in [-0.39, 0.29) is 0 Å². The van der Waals surface area contributed by atoms with Crippen molar-refractivity contribution in [3.8, 4) is 0 Å². The molecule has 0 atom stereocenters. The minimum atomic E-state index is 0.638. The topological polar surface area (TPSA) is 12.0 Å². The molecule has 0 spiro atoms. The third-order valence-electron chi connectivity index (χ3n) is 3.19. The van der Waals surface area contributed by atoms with Gasteiger partial charge in [0.25, 0.3) is 0 Å². The molecule has 1 N–H and O–H groups in total. The average molecular weight is 218 g/mol. The Balaban J connectivity index is 3.43. The molecule has 0 aliphatic heterocycles. The van der Waals surface area contributed by atoms with Gasteiger partial charge in [0, 0.05) is 0 Å². The first-order chi connectivity index (χ1) is 6.50. The summed E-state index contributed by atoms with van der Waals surface area (Å²) in [4.78, 5) is 0. The summed E-state index contributed by atoms with van der Waals surface area (Å²) in [5.74, 6) is 0. The molecule has 0 fully saturated rings. The summed E-state index contributed by atoms with van der Waals surface area (Å²) in [6, 6.07) is 0. The predicted molar refractivity (Wildman–Crippen MR) is 64.4 cm³/mol.